The van der Waals surface area contributed by atoms with E-state index in [2.05, 4.69) is 9.98 Å². The van der Waals surface area contributed by atoms with Gasteiger partial charge in [0.05, 0.1) is 18.9 Å². The van der Waals surface area contributed by atoms with Gasteiger partial charge in [0, 0.05) is 12.4 Å². The average Bonchev–Trinajstić information content (AvgIpc) is 3.34. The van der Waals surface area contributed by atoms with Gasteiger partial charge in [-0.05, 0) is 42.0 Å². The van der Waals surface area contributed by atoms with Crippen LogP contribution in [0.5, 0.6) is 0 Å². The van der Waals surface area contributed by atoms with Gasteiger partial charge in [-0.25, -0.2) is 14.8 Å². The van der Waals surface area contributed by atoms with E-state index in [1.54, 1.807) is 24.6 Å². The van der Waals surface area contributed by atoms with Crippen molar-refractivity contribution in [2.75, 3.05) is 7.11 Å². The molecule has 0 amide bonds. The third-order valence-electron chi connectivity index (χ3n) is 3.93. The van der Waals surface area contributed by atoms with Crippen molar-refractivity contribution in [2.24, 2.45) is 4.99 Å². The van der Waals surface area contributed by atoms with Crippen LogP contribution >= 0.6 is 0 Å². The van der Waals surface area contributed by atoms with E-state index in [-0.39, 0.29) is 5.97 Å². The molecule has 0 saturated carbocycles. The quantitative estimate of drug-likeness (QED) is 0.412. The molecule has 1 aromatic carbocycles. The van der Waals surface area contributed by atoms with Crippen molar-refractivity contribution in [3.05, 3.63) is 78.2 Å². The molecule has 4 rings (SSSR count). The number of fused-ring (bicyclic) bond motifs is 1. The smallest absolute Gasteiger partial charge is 0.337 e. The summed E-state index contributed by atoms with van der Waals surface area (Å²) >= 11 is 0. The fraction of sp³-hybridized carbons (Fsp3) is 0.0500. The number of hydrogen-bond donors (Lipinski definition) is 0. The van der Waals surface area contributed by atoms with Crippen LogP contribution in [0.4, 0.5) is 5.82 Å². The number of hydrogen-bond acceptors (Lipinski definition) is 5. The molecule has 6 heteroatoms. The van der Waals surface area contributed by atoms with Crippen LogP contribution < -0.4 is 0 Å². The van der Waals surface area contributed by atoms with Gasteiger partial charge in [-0.15, -0.1) is 0 Å². The Kier molecular flexibility index (Phi) is 4.07. The lowest BCUT2D eigenvalue weighted by atomic mass is 10.1. The van der Waals surface area contributed by atoms with Gasteiger partial charge in [-0.3, -0.25) is 4.40 Å². The van der Waals surface area contributed by atoms with E-state index in [0.29, 0.717) is 22.8 Å². The van der Waals surface area contributed by atoms with Crippen molar-refractivity contribution >= 4 is 23.6 Å². The summed E-state index contributed by atoms with van der Waals surface area (Å²) in [7, 11) is 1.36. The molecule has 26 heavy (non-hydrogen) atoms. The fourth-order valence-electron chi connectivity index (χ4n) is 2.64. The Hall–Kier alpha value is -3.67. The van der Waals surface area contributed by atoms with Gasteiger partial charge in [0.15, 0.2) is 17.3 Å². The molecule has 0 saturated heterocycles. The van der Waals surface area contributed by atoms with Gasteiger partial charge in [0.1, 0.15) is 5.65 Å². The number of aliphatic imine (C=N–C) groups is 1. The zero-order valence-corrected chi connectivity index (χ0v) is 14.0. The summed E-state index contributed by atoms with van der Waals surface area (Å²) in [6.07, 6.45) is 5.24. The van der Waals surface area contributed by atoms with E-state index in [4.69, 9.17) is 9.15 Å². The summed E-state index contributed by atoms with van der Waals surface area (Å²) in [5.74, 6) is 0.963. The first-order valence-corrected chi connectivity index (χ1v) is 7.99. The highest BCUT2D eigenvalue weighted by molar-refractivity contribution is 5.91. The second kappa shape index (κ2) is 6.68. The van der Waals surface area contributed by atoms with E-state index in [9.17, 15) is 4.79 Å². The van der Waals surface area contributed by atoms with Crippen LogP contribution in [0.15, 0.2) is 76.5 Å². The molecule has 0 aliphatic heterocycles. The number of imidazole rings is 1. The summed E-state index contributed by atoms with van der Waals surface area (Å²) in [6, 6.07) is 16.5. The minimum absolute atomic E-state index is 0.365. The number of carbonyl (C=O) groups excluding carboxylic acids is 1. The maximum Gasteiger partial charge on any atom is 0.337 e. The van der Waals surface area contributed by atoms with Crippen molar-refractivity contribution < 1.29 is 13.9 Å². The summed E-state index contributed by atoms with van der Waals surface area (Å²) in [4.78, 5) is 20.7. The van der Waals surface area contributed by atoms with E-state index >= 15 is 0 Å². The number of furan rings is 1. The number of esters is 1. The molecule has 6 nitrogen and oxygen atoms in total. The zero-order chi connectivity index (χ0) is 17.9. The normalized spacial score (nSPS) is 11.3. The molecule has 0 bridgehead atoms. The van der Waals surface area contributed by atoms with Crippen molar-refractivity contribution in [1.82, 2.24) is 9.38 Å². The van der Waals surface area contributed by atoms with Crippen LogP contribution in [-0.4, -0.2) is 28.7 Å². The minimum atomic E-state index is -0.365. The number of aromatic nitrogens is 2. The molecule has 3 heterocycles. The lowest BCUT2D eigenvalue weighted by Crippen LogP contribution is -2.00. The Morgan fingerprint density at radius 1 is 1.15 bits per heavy atom. The van der Waals surface area contributed by atoms with Crippen LogP contribution in [0.3, 0.4) is 0 Å². The summed E-state index contributed by atoms with van der Waals surface area (Å²) < 4.78 is 12.1. The molecule has 0 atom stereocenters. The highest BCUT2D eigenvalue weighted by Gasteiger charge is 2.15. The second-order valence-electron chi connectivity index (χ2n) is 5.56. The first kappa shape index (κ1) is 15.8. The van der Waals surface area contributed by atoms with Crippen molar-refractivity contribution in [1.29, 1.82) is 0 Å². The number of nitrogens with zero attached hydrogens (tertiary/aromatic N) is 3. The van der Waals surface area contributed by atoms with Crippen molar-refractivity contribution in [3.63, 3.8) is 0 Å². The lowest BCUT2D eigenvalue weighted by Gasteiger charge is -2.00. The molecular formula is C20H15N3O3. The van der Waals surface area contributed by atoms with Crippen LogP contribution in [0.25, 0.3) is 17.1 Å². The Morgan fingerprint density at radius 3 is 2.73 bits per heavy atom. The first-order chi connectivity index (χ1) is 12.8. The molecule has 3 aromatic heterocycles. The van der Waals surface area contributed by atoms with E-state index in [1.165, 1.54) is 7.11 Å². The van der Waals surface area contributed by atoms with Gasteiger partial charge in [-0.2, -0.15) is 0 Å². The monoisotopic (exact) mass is 345 g/mol. The van der Waals surface area contributed by atoms with Gasteiger partial charge < -0.3 is 9.15 Å². The molecule has 4 aromatic rings. The second-order valence-corrected chi connectivity index (χ2v) is 5.56. The minimum Gasteiger partial charge on any atom is -0.465 e. The maximum absolute atomic E-state index is 11.5. The summed E-state index contributed by atoms with van der Waals surface area (Å²) in [5.41, 5.74) is 2.81. The van der Waals surface area contributed by atoms with Crippen molar-refractivity contribution in [2.45, 2.75) is 0 Å². The standard InChI is InChI=1S/C20H15N3O3/c1-25-20(24)15-9-7-14(8-10-15)13-21-19-18(16-5-4-12-26-16)22-17-6-2-3-11-23(17)19/h2-13H,1H3. The predicted molar refractivity (Wildman–Crippen MR) is 97.9 cm³/mol. The first-order valence-electron chi connectivity index (χ1n) is 7.99. The molecule has 128 valence electrons. The molecular weight excluding hydrogens is 330 g/mol. The number of pyridine rings is 1. The largest absolute Gasteiger partial charge is 0.465 e. The fourth-order valence-corrected chi connectivity index (χ4v) is 2.64. The van der Waals surface area contributed by atoms with Crippen molar-refractivity contribution in [3.8, 4) is 11.5 Å². The maximum atomic E-state index is 11.5. The SMILES string of the molecule is COC(=O)c1ccc(C=Nc2c(-c3ccco3)nc3ccccn23)cc1. The molecule has 0 N–H and O–H groups in total. The summed E-state index contributed by atoms with van der Waals surface area (Å²) in [6.45, 7) is 0. The molecule has 0 aliphatic rings. The number of carbonyl (C=O) groups is 1. The van der Waals surface area contributed by atoms with Gasteiger partial charge in [-0.1, -0.05) is 18.2 Å². The average molecular weight is 345 g/mol. The predicted octanol–water partition coefficient (Wildman–Crippen LogP) is 4.13. The van der Waals surface area contributed by atoms with Gasteiger partial charge >= 0.3 is 5.97 Å². The van der Waals surface area contributed by atoms with E-state index in [0.717, 1.165) is 11.2 Å². The number of ether oxygens (including phenoxy) is 1. The molecule has 0 aliphatic carbocycles. The Balaban J connectivity index is 1.73. The van der Waals surface area contributed by atoms with Crippen LogP contribution in [0.1, 0.15) is 15.9 Å². The van der Waals surface area contributed by atoms with E-state index in [1.807, 2.05) is 53.1 Å². The Bertz CT molecular complexity index is 1080. The summed E-state index contributed by atoms with van der Waals surface area (Å²) in [5, 5.41) is 0. The topological polar surface area (TPSA) is 69.1 Å². The Morgan fingerprint density at radius 2 is 2.00 bits per heavy atom. The van der Waals surface area contributed by atoms with Crippen LogP contribution in [0, 0.1) is 0 Å². The molecule has 0 unspecified atom stereocenters. The molecule has 0 spiro atoms. The third kappa shape index (κ3) is 2.88. The highest BCUT2D eigenvalue weighted by atomic mass is 16.5. The highest BCUT2D eigenvalue weighted by Crippen LogP contribution is 2.31. The van der Waals surface area contributed by atoms with Crippen LogP contribution in [0.2, 0.25) is 0 Å². The number of benzene rings is 1. The van der Waals surface area contributed by atoms with Gasteiger partial charge in [0.2, 0.25) is 0 Å². The lowest BCUT2D eigenvalue weighted by molar-refractivity contribution is 0.0600. The zero-order valence-electron chi connectivity index (χ0n) is 14.0. The third-order valence-corrected chi connectivity index (χ3v) is 3.93. The van der Waals surface area contributed by atoms with E-state index < -0.39 is 0 Å². The molecule has 0 radical (unpaired) electrons. The number of methoxy groups -OCH3 is 1. The molecule has 0 fully saturated rings. The Labute approximate surface area is 149 Å². The van der Waals surface area contributed by atoms with Crippen LogP contribution in [-0.2, 0) is 4.74 Å². The van der Waals surface area contributed by atoms with Gasteiger partial charge in [0.25, 0.3) is 0 Å². The number of rotatable bonds is 4.